The molecule has 0 fully saturated rings. The summed E-state index contributed by atoms with van der Waals surface area (Å²) in [7, 11) is 1.01. The fraction of sp³-hybridized carbons (Fsp3) is 0.464. The molecule has 22 nitrogen and oxygen atoms in total. The van der Waals surface area contributed by atoms with Gasteiger partial charge in [0.25, 0.3) is 0 Å². The molecule has 6 aromatic rings. The molecule has 1 aromatic heterocycles. The first-order chi connectivity index (χ1) is 50.3. The highest BCUT2D eigenvalue weighted by Crippen LogP contribution is 2.46. The third kappa shape index (κ3) is 20.9. The highest BCUT2D eigenvalue weighted by molar-refractivity contribution is 6.74. The number of nitrogens with one attached hydrogen (secondary N) is 5. The van der Waals surface area contributed by atoms with E-state index in [9.17, 15) is 29.1 Å². The number of rotatable bonds is 35. The number of esters is 1. The number of aromatic nitrogens is 1. The fourth-order valence-electron chi connectivity index (χ4n) is 13.3. The van der Waals surface area contributed by atoms with Crippen molar-refractivity contribution in [1.82, 2.24) is 41.0 Å². The molecule has 7 rings (SSSR count). The number of aliphatic carboxylic acids is 1. The highest BCUT2D eigenvalue weighted by Gasteiger charge is 2.48. The minimum atomic E-state index is -3.10. The first-order valence-electron chi connectivity index (χ1n) is 36.8. The Hall–Kier alpha value is -9.71. The highest BCUT2D eigenvalue weighted by atomic mass is 28.4. The Balaban J connectivity index is 1.33. The van der Waals surface area contributed by atoms with Gasteiger partial charge in [0.1, 0.15) is 61.1 Å². The molecular formula is C84H112N8O14Si. The zero-order chi connectivity index (χ0) is 79.2. The van der Waals surface area contributed by atoms with Gasteiger partial charge in [-0.15, -0.1) is 6.58 Å². The van der Waals surface area contributed by atoms with Gasteiger partial charge in [-0.1, -0.05) is 195 Å². The van der Waals surface area contributed by atoms with Gasteiger partial charge in [-0.05, 0) is 129 Å². The van der Waals surface area contributed by atoms with E-state index in [0.717, 1.165) is 38.2 Å². The van der Waals surface area contributed by atoms with Crippen molar-refractivity contribution in [2.75, 3.05) is 34.4 Å². The molecule has 7 amide bonds. The van der Waals surface area contributed by atoms with Crippen molar-refractivity contribution in [3.8, 4) is 11.1 Å². The van der Waals surface area contributed by atoms with Crippen molar-refractivity contribution in [2.45, 2.75) is 194 Å². The van der Waals surface area contributed by atoms with Crippen LogP contribution < -0.4 is 26.6 Å². The molecule has 11 atom stereocenters. The third-order valence-corrected chi connectivity index (χ3v) is 25.0. The predicted octanol–water partition coefficient (Wildman–Crippen LogP) is 12.8. The number of alkyl carbamates (subject to hydrolysis) is 1. The number of hydrogen-bond donors (Lipinski definition) is 6. The lowest BCUT2D eigenvalue weighted by molar-refractivity contribution is -0.151. The summed E-state index contributed by atoms with van der Waals surface area (Å²) >= 11 is 0. The van der Waals surface area contributed by atoms with Gasteiger partial charge in [0.2, 0.25) is 35.4 Å². The zero-order valence-corrected chi connectivity index (χ0v) is 66.6. The van der Waals surface area contributed by atoms with Gasteiger partial charge in [0, 0.05) is 55.7 Å². The van der Waals surface area contributed by atoms with E-state index in [0.29, 0.717) is 16.5 Å². The maximum Gasteiger partial charge on any atom is 0.407 e. The molecule has 0 saturated carbocycles. The van der Waals surface area contributed by atoms with Crippen LogP contribution in [0.15, 0.2) is 164 Å². The minimum absolute atomic E-state index is 0.0644. The Labute approximate surface area is 632 Å². The topological polar surface area (TPSA) is 282 Å². The molecule has 0 spiro atoms. The zero-order valence-electron chi connectivity index (χ0n) is 65.6. The molecule has 1 aliphatic carbocycles. The number of hydrogen-bond acceptors (Lipinski definition) is 13. The largest absolute Gasteiger partial charge is 0.480 e. The third-order valence-electron chi connectivity index (χ3n) is 20.6. The normalized spacial score (nSPS) is 15.4. The molecule has 0 unspecified atom stereocenters. The quantitative estimate of drug-likeness (QED) is 0.0123. The lowest BCUT2D eigenvalue weighted by Gasteiger charge is -2.42. The average molecular weight is 1490 g/mol. The van der Waals surface area contributed by atoms with Crippen molar-refractivity contribution >= 4 is 72.7 Å². The monoisotopic (exact) mass is 1480 g/mol. The molecule has 107 heavy (non-hydrogen) atoms. The van der Waals surface area contributed by atoms with E-state index < -0.39 is 145 Å². The molecule has 0 saturated heterocycles. The van der Waals surface area contributed by atoms with Crippen LogP contribution in [0.2, 0.25) is 18.1 Å². The van der Waals surface area contributed by atoms with E-state index in [1.165, 1.54) is 33.0 Å². The van der Waals surface area contributed by atoms with Crippen molar-refractivity contribution in [3.05, 3.63) is 192 Å². The number of carbonyl (C=O) groups excluding carboxylic acids is 8. The maximum atomic E-state index is 16.8. The number of nitrogens with zero attached hydrogens (tertiary/aromatic N) is 3. The van der Waals surface area contributed by atoms with E-state index in [-0.39, 0.29) is 43.5 Å². The van der Waals surface area contributed by atoms with Gasteiger partial charge in [-0.3, -0.25) is 28.8 Å². The van der Waals surface area contributed by atoms with Crippen LogP contribution in [0.4, 0.5) is 4.79 Å². The van der Waals surface area contributed by atoms with Crippen LogP contribution in [0.1, 0.15) is 161 Å². The molecule has 6 N–H and O–H groups in total. The summed E-state index contributed by atoms with van der Waals surface area (Å²) < 4.78 is 27.5. The SMILES string of the molecule is C=CC(C)(C)n1cc([C@@H](O[Si](C)(C)C(C)(C)C)[C@H](NC(=O)[C@@H](NC(=O)OCC2c3ccccc3-c3ccccc32)[C@H](C)C=C(C)C)C(=O)N(C)[C@@H](C[C@@H](C)COC(=O)c2ccccc2)C(=O)N[C@@H](C)C(=O)N[C@H](C(=O)N[C@H](C(=O)N(C)[C@@H](CC(C)C)C(=O)O)C(C)C)[C@@H](OC)c2ccccc2)c2ccccc21. The van der Waals surface area contributed by atoms with Gasteiger partial charge < -0.3 is 64.7 Å². The van der Waals surface area contributed by atoms with Gasteiger partial charge >= 0.3 is 18.0 Å². The summed E-state index contributed by atoms with van der Waals surface area (Å²) in [4.78, 5) is 136. The molecule has 5 aromatic carbocycles. The standard InChI is InChI=1S/C84H112N8O14Si/c1-21-84(14,15)92-47-63(62-42-32-33-43-65(62)92)73(106-107(19,20)83(11,12)13)71(88-76(95)69(54(9)44-50(2)3)89-82(102)105-49-64-60-40-30-28-38-58(60)59-39-29-31-41-61(59)64)79(98)90(16)66(46-53(8)48-104-81(101)57-36-26-23-27-37-57)75(94)85-55(10)74(93)87-70(72(103-18)56-34-24-22-25-35-56)77(96)86-68(52(6)7)78(97)91(17)67(80(99)100)45-51(4)5/h21-44,47,51-55,64,66-73H,1,45-46,48-49H2,2-20H3,(H,85,94)(H,86,96)(H,87,93)(H,88,95)(H,89,102)(H,99,100)/t53-,54-,55+,66+,67+,68+,69+,70+,71+,72+,73-/m1/s1. The molecule has 0 radical (unpaired) electrons. The van der Waals surface area contributed by atoms with E-state index in [1.807, 2.05) is 165 Å². The fourth-order valence-corrected chi connectivity index (χ4v) is 14.6. The summed E-state index contributed by atoms with van der Waals surface area (Å²) in [5, 5.41) is 24.8. The second kappa shape index (κ2) is 36.7. The Morgan fingerprint density at radius 2 is 1.13 bits per heavy atom. The number of carboxylic acids is 1. The lowest BCUT2D eigenvalue weighted by Crippen LogP contribution is -2.62. The van der Waals surface area contributed by atoms with Gasteiger partial charge in [-0.25, -0.2) is 14.4 Å². The first kappa shape index (κ1) is 84.5. The Morgan fingerprint density at radius 3 is 1.68 bits per heavy atom. The Bertz CT molecular complexity index is 4120. The molecule has 1 heterocycles. The van der Waals surface area contributed by atoms with Crippen LogP contribution in [0.3, 0.4) is 0 Å². The maximum absolute atomic E-state index is 16.8. The predicted molar refractivity (Wildman–Crippen MR) is 418 cm³/mol. The number of para-hydroxylation sites is 1. The van der Waals surface area contributed by atoms with Gasteiger partial charge in [0.15, 0.2) is 8.32 Å². The number of carboxylic acid groups (broad SMARTS) is 1. The number of methoxy groups -OCH3 is 1. The number of ether oxygens (including phenoxy) is 3. The second-order valence-electron chi connectivity index (χ2n) is 31.4. The van der Waals surface area contributed by atoms with Crippen LogP contribution in [0.5, 0.6) is 0 Å². The number of benzene rings is 5. The molecule has 0 aliphatic heterocycles. The number of carbonyl (C=O) groups is 9. The van der Waals surface area contributed by atoms with Gasteiger partial charge in [0.05, 0.1) is 17.7 Å². The summed E-state index contributed by atoms with van der Waals surface area (Å²) in [6.07, 6.45) is 2.02. The Kier molecular flexibility index (Phi) is 29.0. The minimum Gasteiger partial charge on any atom is -0.480 e. The number of fused-ring (bicyclic) bond motifs is 4. The number of allylic oxidation sites excluding steroid dienone is 2. The van der Waals surface area contributed by atoms with Crippen LogP contribution in [-0.4, -0.2) is 158 Å². The van der Waals surface area contributed by atoms with E-state index >= 15 is 19.2 Å². The van der Waals surface area contributed by atoms with Crippen molar-refractivity contribution in [1.29, 1.82) is 0 Å². The average Bonchev–Trinajstić information content (AvgIpc) is 1.60. The van der Waals surface area contributed by atoms with E-state index in [2.05, 4.69) is 33.2 Å². The summed E-state index contributed by atoms with van der Waals surface area (Å²) in [5.41, 5.74) is 6.11. The summed E-state index contributed by atoms with van der Waals surface area (Å²) in [6, 6.07) is 30.1. The first-order valence-corrected chi connectivity index (χ1v) is 39.7. The molecule has 576 valence electrons. The van der Waals surface area contributed by atoms with E-state index in [4.69, 9.17) is 18.6 Å². The molecular weight excluding hydrogens is 1370 g/mol. The van der Waals surface area contributed by atoms with Crippen molar-refractivity contribution in [3.63, 3.8) is 0 Å². The summed E-state index contributed by atoms with van der Waals surface area (Å²) in [6.45, 7) is 33.7. The van der Waals surface area contributed by atoms with E-state index in [1.54, 1.807) is 94.4 Å². The van der Waals surface area contributed by atoms with Crippen molar-refractivity contribution < 1.29 is 66.9 Å². The molecule has 0 bridgehead atoms. The van der Waals surface area contributed by atoms with Crippen LogP contribution in [0.25, 0.3) is 22.0 Å². The Morgan fingerprint density at radius 1 is 0.607 bits per heavy atom. The molecule has 23 heteroatoms. The van der Waals surface area contributed by atoms with Crippen molar-refractivity contribution in [2.24, 2.45) is 23.7 Å². The lowest BCUT2D eigenvalue weighted by atomic mass is 9.95. The number of likely N-dealkylation sites (N-methyl/N-ethyl adjacent to an activating group) is 2. The van der Waals surface area contributed by atoms with Gasteiger partial charge in [-0.2, -0.15) is 0 Å². The second-order valence-corrected chi connectivity index (χ2v) is 36.1. The smallest absolute Gasteiger partial charge is 0.407 e. The number of amides is 7. The van der Waals surface area contributed by atoms with Crippen LogP contribution >= 0.6 is 0 Å². The van der Waals surface area contributed by atoms with Crippen LogP contribution in [-0.2, 0) is 57.7 Å². The van der Waals surface area contributed by atoms with Crippen LogP contribution in [0, 0.1) is 23.7 Å². The summed E-state index contributed by atoms with van der Waals surface area (Å²) in [5.74, 6) is -9.20. The molecule has 1 aliphatic rings.